The molecule has 1 heterocycles. The second-order valence-electron chi connectivity index (χ2n) is 17.2. The number of aliphatic carboxylic acids is 2. The Kier molecular flexibility index (Phi) is 23.6. The number of carbonyl (C=O) groups is 12. The predicted octanol–water partition coefficient (Wildman–Crippen LogP) is -3.58. The van der Waals surface area contributed by atoms with Crippen LogP contribution in [0.3, 0.4) is 0 Å². The third kappa shape index (κ3) is 21.2. The number of carboxylic acid groups (broad SMARTS) is 2. The van der Waals surface area contributed by atoms with Gasteiger partial charge in [0.2, 0.25) is 59.1 Å². The van der Waals surface area contributed by atoms with Crippen molar-refractivity contribution in [2.24, 2.45) is 17.4 Å². The van der Waals surface area contributed by atoms with Gasteiger partial charge in [-0.05, 0) is 49.9 Å². The van der Waals surface area contributed by atoms with Crippen LogP contribution in [0.5, 0.6) is 5.75 Å². The molecule has 3 rings (SSSR count). The number of aromatic hydroxyl groups is 1. The van der Waals surface area contributed by atoms with Crippen molar-refractivity contribution >= 4 is 71.0 Å². The van der Waals surface area contributed by atoms with Crippen molar-refractivity contribution < 1.29 is 72.9 Å². The summed E-state index contributed by atoms with van der Waals surface area (Å²) < 4.78 is 0. The molecule has 2 aromatic carbocycles. The van der Waals surface area contributed by atoms with Crippen LogP contribution < -0.4 is 54.0 Å². The highest BCUT2D eigenvalue weighted by Crippen LogP contribution is 2.13. The molecule has 0 bridgehead atoms. The number of phenols is 1. The average Bonchev–Trinajstić information content (AvgIpc) is 3.86. The number of hydrogen-bond donors (Lipinski definition) is 14. The Morgan fingerprint density at radius 3 is 1.62 bits per heavy atom. The number of nitrogens with two attached hydrogens (primary N) is 2. The third-order valence-electron chi connectivity index (χ3n) is 11.0. The molecule has 0 radical (unpaired) electrons. The lowest BCUT2D eigenvalue weighted by molar-refractivity contribution is -0.141. The van der Waals surface area contributed by atoms with E-state index in [4.69, 9.17) is 21.7 Å². The van der Waals surface area contributed by atoms with Crippen LogP contribution in [0.15, 0.2) is 67.1 Å². The number of imidazole rings is 1. The summed E-state index contributed by atoms with van der Waals surface area (Å²) in [6, 6.07) is 4.24. The van der Waals surface area contributed by atoms with E-state index in [0.29, 0.717) is 16.8 Å². The maximum absolute atomic E-state index is 13.7. The van der Waals surface area contributed by atoms with E-state index in [1.807, 2.05) is 0 Å². The van der Waals surface area contributed by atoms with E-state index in [9.17, 15) is 62.6 Å². The number of aromatic nitrogens is 2. The SMILES string of the molecule is C[C@H](NC(=O)[C@H](C)NC(=O)[C@H](Cc1cnc[nH]1)NC(=O)CNC(=O)[C@H](Cc1ccc(O)cc1)NC(=O)[C@H](CCC(N)=O)NC(=O)[C@@H](C)CC(=O)O)C(=O)N[C@@H](Cc1ccccc1)C(=O)N[C@@H](CCC(=O)O)C(N)=O. The Morgan fingerprint density at radius 2 is 1.05 bits per heavy atom. The number of hydrogen-bond acceptors (Lipinski definition) is 14. The molecule has 27 heteroatoms. The Balaban J connectivity index is 1.72. The molecule has 0 aliphatic rings. The van der Waals surface area contributed by atoms with E-state index in [1.165, 1.54) is 57.6 Å². The van der Waals surface area contributed by atoms with Gasteiger partial charge >= 0.3 is 11.9 Å². The molecule has 0 fully saturated rings. The molecule has 3 aromatic rings. The Hall–Kier alpha value is -8.91. The van der Waals surface area contributed by atoms with Crippen molar-refractivity contribution in [2.75, 3.05) is 6.54 Å². The monoisotopic (exact) mass is 1030 g/mol. The van der Waals surface area contributed by atoms with Gasteiger partial charge in [-0.2, -0.15) is 0 Å². The predicted molar refractivity (Wildman–Crippen MR) is 258 cm³/mol. The van der Waals surface area contributed by atoms with Gasteiger partial charge in [-0.25, -0.2) is 4.98 Å². The van der Waals surface area contributed by atoms with Gasteiger partial charge in [0, 0.05) is 49.9 Å². The van der Waals surface area contributed by atoms with Crippen LogP contribution in [0.25, 0.3) is 0 Å². The highest BCUT2D eigenvalue weighted by molar-refractivity contribution is 5.97. The van der Waals surface area contributed by atoms with E-state index in [-0.39, 0.29) is 44.3 Å². The number of benzene rings is 2. The second kappa shape index (κ2) is 29.4. The molecule has 8 atom stereocenters. The Bertz CT molecular complexity index is 2470. The van der Waals surface area contributed by atoms with Crippen LogP contribution in [-0.2, 0) is 76.8 Å². The first-order valence-electron chi connectivity index (χ1n) is 23.1. The summed E-state index contributed by atoms with van der Waals surface area (Å²) in [5, 5.41) is 47.5. The number of nitrogens with zero attached hydrogens (tertiary/aromatic N) is 1. The molecule has 16 N–H and O–H groups in total. The molecule has 0 aliphatic heterocycles. The lowest BCUT2D eigenvalue weighted by Gasteiger charge is -2.25. The molecule has 0 spiro atoms. The van der Waals surface area contributed by atoms with Gasteiger partial charge in [0.05, 0.1) is 19.3 Å². The minimum atomic E-state index is -1.46. The molecule has 0 saturated carbocycles. The van der Waals surface area contributed by atoms with Crippen LogP contribution in [0, 0.1) is 5.92 Å². The molecular formula is C47H62N12O15. The molecule has 10 amide bonds. The van der Waals surface area contributed by atoms with Crippen molar-refractivity contribution in [3.8, 4) is 5.75 Å². The molecule has 400 valence electrons. The molecule has 0 aliphatic carbocycles. The van der Waals surface area contributed by atoms with Gasteiger partial charge in [0.1, 0.15) is 48.0 Å². The van der Waals surface area contributed by atoms with Gasteiger partial charge in [-0.3, -0.25) is 57.5 Å². The maximum Gasteiger partial charge on any atom is 0.304 e. The largest absolute Gasteiger partial charge is 0.508 e. The van der Waals surface area contributed by atoms with Gasteiger partial charge in [-0.15, -0.1) is 0 Å². The minimum absolute atomic E-state index is 0.0841. The molecule has 74 heavy (non-hydrogen) atoms. The summed E-state index contributed by atoms with van der Waals surface area (Å²) in [6.07, 6.45) is 0.0604. The number of nitrogens with one attached hydrogen (secondary N) is 9. The van der Waals surface area contributed by atoms with Crippen molar-refractivity contribution in [1.82, 2.24) is 52.5 Å². The summed E-state index contributed by atoms with van der Waals surface area (Å²) in [7, 11) is 0. The van der Waals surface area contributed by atoms with Gasteiger partial charge < -0.3 is 74.3 Å². The molecule has 27 nitrogen and oxygen atoms in total. The van der Waals surface area contributed by atoms with E-state index >= 15 is 0 Å². The van der Waals surface area contributed by atoms with E-state index in [1.54, 1.807) is 30.3 Å². The molecule has 0 unspecified atom stereocenters. The quantitative estimate of drug-likeness (QED) is 0.0296. The number of amides is 10. The highest BCUT2D eigenvalue weighted by atomic mass is 16.4. The van der Waals surface area contributed by atoms with Crippen molar-refractivity contribution in [2.45, 2.75) is 114 Å². The highest BCUT2D eigenvalue weighted by Gasteiger charge is 2.32. The summed E-state index contributed by atoms with van der Waals surface area (Å²) in [4.78, 5) is 160. The first kappa shape index (κ1) is 59.4. The number of phenolic OH excluding ortho intramolecular Hbond substituents is 1. The van der Waals surface area contributed by atoms with Gasteiger partial charge in [-0.1, -0.05) is 49.4 Å². The van der Waals surface area contributed by atoms with Gasteiger partial charge in [0.25, 0.3) is 0 Å². The fraction of sp³-hybridized carbons (Fsp3) is 0.426. The summed E-state index contributed by atoms with van der Waals surface area (Å²) >= 11 is 0. The zero-order valence-corrected chi connectivity index (χ0v) is 40.7. The summed E-state index contributed by atoms with van der Waals surface area (Å²) in [6.45, 7) is 3.10. The fourth-order valence-electron chi connectivity index (χ4n) is 6.90. The minimum Gasteiger partial charge on any atom is -0.508 e. The number of primary amides is 2. The van der Waals surface area contributed by atoms with E-state index < -0.39 is 139 Å². The van der Waals surface area contributed by atoms with E-state index in [2.05, 4.69) is 52.5 Å². The average molecular weight is 1040 g/mol. The molecular weight excluding hydrogens is 973 g/mol. The van der Waals surface area contributed by atoms with Crippen molar-refractivity contribution in [1.29, 1.82) is 0 Å². The zero-order valence-electron chi connectivity index (χ0n) is 40.7. The fourth-order valence-corrected chi connectivity index (χ4v) is 6.90. The Morgan fingerprint density at radius 1 is 0.554 bits per heavy atom. The van der Waals surface area contributed by atoms with Crippen molar-refractivity contribution in [3.05, 3.63) is 83.9 Å². The maximum atomic E-state index is 13.7. The van der Waals surface area contributed by atoms with Crippen LogP contribution in [0.1, 0.15) is 69.7 Å². The lowest BCUT2D eigenvalue weighted by Crippen LogP contribution is -2.59. The van der Waals surface area contributed by atoms with Crippen molar-refractivity contribution in [3.63, 3.8) is 0 Å². The summed E-state index contributed by atoms with van der Waals surface area (Å²) in [5.41, 5.74) is 12.0. The zero-order chi connectivity index (χ0) is 55.1. The van der Waals surface area contributed by atoms with Crippen LogP contribution >= 0.6 is 0 Å². The van der Waals surface area contributed by atoms with Crippen LogP contribution in [0.2, 0.25) is 0 Å². The summed E-state index contributed by atoms with van der Waals surface area (Å²) in [5.74, 6) is -12.7. The number of carboxylic acids is 2. The number of H-pyrrole nitrogens is 1. The topological polar surface area (TPSA) is 442 Å². The lowest BCUT2D eigenvalue weighted by atomic mass is 10.0. The standard InChI is InChI=1S/C47H62N12O15/c1-24(17-39(65)66)41(68)57-32(13-15-36(48)61)45(72)59-33(19-28-9-11-30(60)12-10-28)44(71)51-22-37(62)55-35(20-29-21-50-23-52-29)46(73)54-25(2)42(69)53-26(3)43(70)58-34(18-27-7-5-4-6-8-27)47(74)56-31(40(49)67)14-16-38(63)64/h4-12,21,23-26,31-35,60H,13-20,22H2,1-3H3,(H2,48,61)(H2,49,67)(H,50,52)(H,51,71)(H,53,69)(H,54,73)(H,55,62)(H,56,74)(H,57,68)(H,58,70)(H,59,72)(H,63,64)(H,65,66)/t24-,25-,26-,31-,32-,33-,34-,35-/m0/s1. The number of aromatic amines is 1. The second-order valence-corrected chi connectivity index (χ2v) is 17.2. The first-order chi connectivity index (χ1) is 34.9. The molecule has 1 aromatic heterocycles. The normalized spacial score (nSPS) is 14.0. The smallest absolute Gasteiger partial charge is 0.304 e. The van der Waals surface area contributed by atoms with E-state index in [0.717, 1.165) is 0 Å². The first-order valence-corrected chi connectivity index (χ1v) is 23.1. The third-order valence-corrected chi connectivity index (χ3v) is 11.0. The molecule has 0 saturated heterocycles. The number of carbonyl (C=O) groups excluding carboxylic acids is 10. The Labute approximate surface area is 423 Å². The van der Waals surface area contributed by atoms with Crippen LogP contribution in [0.4, 0.5) is 0 Å². The number of rotatable bonds is 31. The van der Waals surface area contributed by atoms with Crippen LogP contribution in [-0.4, -0.2) is 145 Å². The van der Waals surface area contributed by atoms with Gasteiger partial charge in [0.15, 0.2) is 0 Å².